The molecule has 5 aliphatic rings. The van der Waals surface area contributed by atoms with Crippen LogP contribution in [0, 0.1) is 16.7 Å². The summed E-state index contributed by atoms with van der Waals surface area (Å²) in [5.41, 5.74) is -6.68. The summed E-state index contributed by atoms with van der Waals surface area (Å²) in [6, 6.07) is 6.00. The molecule has 18 nitrogen and oxygen atoms in total. The second-order valence-electron chi connectivity index (χ2n) is 18.8. The number of hydrogen-bond acceptors (Lipinski definition) is 17. The van der Waals surface area contributed by atoms with Gasteiger partial charge in [-0.2, -0.15) is 0 Å². The fraction of sp³-hybridized carbons (Fsp3) is 0.622. The first kappa shape index (κ1) is 45.8. The molecule has 0 unspecified atom stereocenters. The minimum Gasteiger partial charge on any atom is -0.497 e. The Labute approximate surface area is 364 Å². The lowest BCUT2D eigenvalue weighted by molar-refractivity contribution is -0.416. The number of methoxy groups -OCH3 is 2. The van der Waals surface area contributed by atoms with E-state index >= 15 is 0 Å². The van der Waals surface area contributed by atoms with Crippen molar-refractivity contribution >= 4 is 30.0 Å². The second kappa shape index (κ2) is 16.1. The minimum absolute atomic E-state index is 0.00475. The molecule has 344 valence electrons. The topological polar surface area (TPSA) is 234 Å². The lowest BCUT2D eigenvalue weighted by Gasteiger charge is -2.74. The number of rotatable bonds is 11. The summed E-state index contributed by atoms with van der Waals surface area (Å²) in [4.78, 5) is 68.2. The van der Waals surface area contributed by atoms with E-state index < -0.39 is 119 Å². The van der Waals surface area contributed by atoms with Gasteiger partial charge < -0.3 is 62.6 Å². The van der Waals surface area contributed by atoms with Crippen molar-refractivity contribution in [2.24, 2.45) is 16.7 Å². The number of esters is 4. The SMILES string of the molecule is COc1ccc(OC)c(C(=O)O[C@H]2[C@@H]3[C@]4(OC(C)=O)CO[C@@H]4C[C@H]4O[C@@H]([C@H](OC(C)=O)C5=C(C)[C@@H](OC(=O)[C@H](O)[C@@H](NC(=O)OC(C)(C)C)c6ccco6)C[C@]2(O)C5(C)C)[C@@]34C)c1. The molecule has 2 saturated carbocycles. The normalized spacial score (nSPS) is 33.4. The van der Waals surface area contributed by atoms with Gasteiger partial charge in [0.2, 0.25) is 0 Å². The lowest BCUT2D eigenvalue weighted by atomic mass is 9.42. The van der Waals surface area contributed by atoms with Crippen molar-refractivity contribution in [1.82, 2.24) is 5.32 Å². The molecule has 2 bridgehead atoms. The van der Waals surface area contributed by atoms with Crippen LogP contribution in [-0.2, 0) is 47.5 Å². The highest BCUT2D eigenvalue weighted by Gasteiger charge is 2.81. The molecule has 2 aliphatic heterocycles. The molecule has 3 heterocycles. The van der Waals surface area contributed by atoms with Gasteiger partial charge in [0, 0.05) is 37.5 Å². The Hall–Kier alpha value is -5.17. The summed E-state index contributed by atoms with van der Waals surface area (Å²) in [5, 5.41) is 28.0. The zero-order valence-electron chi connectivity index (χ0n) is 37.3. The number of aliphatic hydroxyl groups is 2. The Morgan fingerprint density at radius 1 is 0.952 bits per heavy atom. The van der Waals surface area contributed by atoms with Crippen LogP contribution in [-0.4, -0.2) is 121 Å². The highest BCUT2D eigenvalue weighted by Crippen LogP contribution is 2.69. The van der Waals surface area contributed by atoms with E-state index in [1.54, 1.807) is 47.6 Å². The summed E-state index contributed by atoms with van der Waals surface area (Å²) in [6.45, 7) is 14.2. The van der Waals surface area contributed by atoms with E-state index in [1.165, 1.54) is 58.6 Å². The Balaban J connectivity index is 1.39. The van der Waals surface area contributed by atoms with Crippen LogP contribution in [0.2, 0.25) is 0 Å². The summed E-state index contributed by atoms with van der Waals surface area (Å²) in [7, 11) is 2.81. The molecule has 12 atom stereocenters. The Morgan fingerprint density at radius 2 is 1.67 bits per heavy atom. The largest absolute Gasteiger partial charge is 0.497 e. The van der Waals surface area contributed by atoms with Crippen LogP contribution in [0.15, 0.2) is 52.2 Å². The number of amides is 1. The highest BCUT2D eigenvalue weighted by atomic mass is 16.6. The molecule has 1 aromatic heterocycles. The molecule has 1 aromatic carbocycles. The van der Waals surface area contributed by atoms with Crippen LogP contribution in [0.25, 0.3) is 0 Å². The van der Waals surface area contributed by atoms with Crippen LogP contribution < -0.4 is 14.8 Å². The second-order valence-corrected chi connectivity index (χ2v) is 18.8. The number of carbonyl (C=O) groups excluding carboxylic acids is 5. The molecule has 2 saturated heterocycles. The van der Waals surface area contributed by atoms with E-state index in [2.05, 4.69) is 5.32 Å². The lowest BCUT2D eigenvalue weighted by Crippen LogP contribution is -2.86. The Bertz CT molecular complexity index is 2180. The molecule has 0 spiro atoms. The van der Waals surface area contributed by atoms with E-state index in [0.29, 0.717) is 16.9 Å². The van der Waals surface area contributed by atoms with Crippen molar-refractivity contribution in [2.45, 2.75) is 141 Å². The monoisotopic (exact) mass is 883 g/mol. The number of fused-ring (bicyclic) bond motifs is 4. The number of furan rings is 1. The van der Waals surface area contributed by atoms with Gasteiger partial charge in [0.15, 0.2) is 17.8 Å². The number of nitrogens with one attached hydrogen (secondary N) is 1. The highest BCUT2D eigenvalue weighted by molar-refractivity contribution is 5.93. The van der Waals surface area contributed by atoms with Gasteiger partial charge >= 0.3 is 30.0 Å². The molecule has 3 N–H and O–H groups in total. The number of carbonyl (C=O) groups is 5. The van der Waals surface area contributed by atoms with Gasteiger partial charge in [-0.15, -0.1) is 0 Å². The minimum atomic E-state index is -2.25. The molecule has 7 rings (SSSR count). The fourth-order valence-electron chi connectivity index (χ4n) is 10.7. The van der Waals surface area contributed by atoms with E-state index in [-0.39, 0.29) is 30.1 Å². The molecule has 63 heavy (non-hydrogen) atoms. The molecule has 4 fully saturated rings. The maximum Gasteiger partial charge on any atom is 0.408 e. The van der Waals surface area contributed by atoms with Gasteiger partial charge in [-0.25, -0.2) is 14.4 Å². The maximum atomic E-state index is 14.8. The Morgan fingerprint density at radius 3 is 2.24 bits per heavy atom. The number of benzene rings is 1. The molecule has 3 aliphatic carbocycles. The van der Waals surface area contributed by atoms with Crippen molar-refractivity contribution in [1.29, 1.82) is 0 Å². The third-order valence-corrected chi connectivity index (χ3v) is 13.6. The molecule has 1 amide bonds. The number of hydrogen-bond donors (Lipinski definition) is 3. The zero-order valence-corrected chi connectivity index (χ0v) is 37.3. The van der Waals surface area contributed by atoms with Gasteiger partial charge in [0.25, 0.3) is 0 Å². The quantitative estimate of drug-likeness (QED) is 0.162. The summed E-state index contributed by atoms with van der Waals surface area (Å²) >= 11 is 0. The Kier molecular flexibility index (Phi) is 11.7. The van der Waals surface area contributed by atoms with Crippen molar-refractivity contribution in [3.8, 4) is 11.5 Å². The van der Waals surface area contributed by atoms with E-state index in [0.717, 1.165) is 0 Å². The molecule has 2 aromatic rings. The van der Waals surface area contributed by atoms with Crippen LogP contribution in [0.3, 0.4) is 0 Å². The van der Waals surface area contributed by atoms with E-state index in [4.69, 9.17) is 47.0 Å². The predicted octanol–water partition coefficient (Wildman–Crippen LogP) is 4.28. The average molecular weight is 884 g/mol. The van der Waals surface area contributed by atoms with Crippen molar-refractivity contribution in [2.75, 3.05) is 20.8 Å². The van der Waals surface area contributed by atoms with Crippen LogP contribution in [0.4, 0.5) is 4.79 Å². The van der Waals surface area contributed by atoms with E-state index in [1.807, 2.05) is 6.92 Å². The fourth-order valence-corrected chi connectivity index (χ4v) is 10.7. The average Bonchev–Trinajstić information content (AvgIpc) is 3.72. The van der Waals surface area contributed by atoms with Crippen LogP contribution in [0.5, 0.6) is 11.5 Å². The van der Waals surface area contributed by atoms with Gasteiger partial charge in [-0.3, -0.25) is 9.59 Å². The molecule has 18 heteroatoms. The third-order valence-electron chi connectivity index (χ3n) is 13.6. The summed E-state index contributed by atoms with van der Waals surface area (Å²) in [5.74, 6) is -4.15. The number of alkyl carbamates (subject to hydrolysis) is 1. The van der Waals surface area contributed by atoms with Gasteiger partial charge in [0.05, 0.1) is 39.1 Å². The van der Waals surface area contributed by atoms with E-state index in [9.17, 15) is 34.2 Å². The van der Waals surface area contributed by atoms with Crippen molar-refractivity contribution in [3.63, 3.8) is 0 Å². The first-order valence-electron chi connectivity index (χ1n) is 20.8. The van der Waals surface area contributed by atoms with Crippen molar-refractivity contribution in [3.05, 3.63) is 59.1 Å². The van der Waals surface area contributed by atoms with Crippen LogP contribution in [0.1, 0.15) is 97.3 Å². The standard InChI is InChI=1S/C45H57NO17/c1-21-28(59-39(51)33(49)32(27-13-12-16-56-27)46-40(52)63-41(4,5)6)19-45(53)37(61-38(50)25-17-24(54-10)14-15-26(25)55-11)35-43(9)29(18-30-44(35,20-57-30)62-23(3)48)60-36(43)34(58-22(2)47)31(21)42(45,7)8/h12-17,28-30,32-37,49,53H,18-20H2,1-11H3,(H,46,52)/t28-,29+,30+,32-,33+,34+,35-,36-,37-,43+,44-,45+/m0/s1. The van der Waals surface area contributed by atoms with Gasteiger partial charge in [-0.05, 0) is 69.2 Å². The smallest absolute Gasteiger partial charge is 0.408 e. The predicted molar refractivity (Wildman–Crippen MR) is 216 cm³/mol. The molecular formula is C45H57NO17. The molecular weight excluding hydrogens is 826 g/mol. The van der Waals surface area contributed by atoms with Crippen molar-refractivity contribution < 1.29 is 81.2 Å². The number of aliphatic hydroxyl groups excluding tert-OH is 1. The summed E-state index contributed by atoms with van der Waals surface area (Å²) in [6.07, 6.45) is -8.50. The first-order chi connectivity index (χ1) is 29.4. The molecule has 0 radical (unpaired) electrons. The van der Waals surface area contributed by atoms with Gasteiger partial charge in [-0.1, -0.05) is 20.8 Å². The number of ether oxygens (including phenoxy) is 9. The summed E-state index contributed by atoms with van der Waals surface area (Å²) < 4.78 is 59.7. The first-order valence-corrected chi connectivity index (χ1v) is 20.8. The zero-order chi connectivity index (χ0) is 46.2. The third kappa shape index (κ3) is 7.51. The maximum absolute atomic E-state index is 14.8. The van der Waals surface area contributed by atoms with Crippen LogP contribution >= 0.6 is 0 Å². The van der Waals surface area contributed by atoms with Gasteiger partial charge in [0.1, 0.15) is 64.5 Å².